The number of aromatic nitrogens is 2. The standard InChI is InChI=1S/C18H17N5O3/c19-4-15-2-1-12(5-21-15)3-17(24)22-7-13-9-23(10-14(13)8-22)18(25)16-6-20-11-26-16/h1-2,5-6,11,13-14H,3,7-10H2/t13-,14+. The highest BCUT2D eigenvalue weighted by molar-refractivity contribution is 5.91. The van der Waals surface area contributed by atoms with Crippen molar-refractivity contribution in [2.75, 3.05) is 26.2 Å². The van der Waals surface area contributed by atoms with Crippen molar-refractivity contribution < 1.29 is 14.0 Å². The predicted molar refractivity (Wildman–Crippen MR) is 88.6 cm³/mol. The van der Waals surface area contributed by atoms with Gasteiger partial charge in [0.15, 0.2) is 6.39 Å². The van der Waals surface area contributed by atoms with E-state index in [2.05, 4.69) is 9.97 Å². The van der Waals surface area contributed by atoms with Crippen LogP contribution in [0.15, 0.2) is 35.3 Å². The van der Waals surface area contributed by atoms with Gasteiger partial charge in [-0.05, 0) is 11.6 Å². The highest BCUT2D eigenvalue weighted by atomic mass is 16.3. The summed E-state index contributed by atoms with van der Waals surface area (Å²) >= 11 is 0. The van der Waals surface area contributed by atoms with Gasteiger partial charge in [0, 0.05) is 44.2 Å². The molecule has 2 atom stereocenters. The van der Waals surface area contributed by atoms with Crippen LogP contribution in [0.4, 0.5) is 0 Å². The molecule has 2 aromatic heterocycles. The van der Waals surface area contributed by atoms with E-state index in [0.717, 1.165) is 5.56 Å². The Balaban J connectivity index is 1.33. The molecule has 0 N–H and O–H groups in total. The van der Waals surface area contributed by atoms with E-state index >= 15 is 0 Å². The van der Waals surface area contributed by atoms with Gasteiger partial charge in [0.1, 0.15) is 11.8 Å². The van der Waals surface area contributed by atoms with Crippen molar-refractivity contribution >= 4 is 11.8 Å². The van der Waals surface area contributed by atoms with Gasteiger partial charge in [-0.15, -0.1) is 0 Å². The molecule has 132 valence electrons. The summed E-state index contributed by atoms with van der Waals surface area (Å²) < 4.78 is 5.08. The van der Waals surface area contributed by atoms with Gasteiger partial charge >= 0.3 is 0 Å². The number of carbonyl (C=O) groups is 2. The lowest BCUT2D eigenvalue weighted by Crippen LogP contribution is -2.36. The molecule has 26 heavy (non-hydrogen) atoms. The summed E-state index contributed by atoms with van der Waals surface area (Å²) in [5.41, 5.74) is 1.14. The van der Waals surface area contributed by atoms with Crippen molar-refractivity contribution in [3.05, 3.63) is 47.9 Å². The number of nitrogens with zero attached hydrogens (tertiary/aromatic N) is 5. The Morgan fingerprint density at radius 3 is 2.46 bits per heavy atom. The van der Waals surface area contributed by atoms with Crippen LogP contribution in [-0.4, -0.2) is 57.8 Å². The van der Waals surface area contributed by atoms with Gasteiger partial charge in [0.2, 0.25) is 11.7 Å². The largest absolute Gasteiger partial charge is 0.438 e. The highest BCUT2D eigenvalue weighted by Gasteiger charge is 2.43. The molecule has 0 unspecified atom stereocenters. The summed E-state index contributed by atoms with van der Waals surface area (Å²) in [4.78, 5) is 36.3. The van der Waals surface area contributed by atoms with Crippen molar-refractivity contribution in [2.24, 2.45) is 11.8 Å². The van der Waals surface area contributed by atoms with Crippen LogP contribution in [0.1, 0.15) is 21.8 Å². The number of hydrogen-bond donors (Lipinski definition) is 0. The Morgan fingerprint density at radius 2 is 1.88 bits per heavy atom. The minimum Gasteiger partial charge on any atom is -0.438 e. The Kier molecular flexibility index (Phi) is 4.13. The lowest BCUT2D eigenvalue weighted by Gasteiger charge is -2.21. The van der Waals surface area contributed by atoms with E-state index in [-0.39, 0.29) is 24.0 Å². The van der Waals surface area contributed by atoms with Gasteiger partial charge in [0.25, 0.3) is 5.91 Å². The first kappa shape index (κ1) is 16.3. The zero-order valence-electron chi connectivity index (χ0n) is 14.0. The molecule has 2 amide bonds. The van der Waals surface area contributed by atoms with Crippen LogP contribution in [0, 0.1) is 23.2 Å². The fourth-order valence-electron chi connectivity index (χ4n) is 3.72. The number of pyridine rings is 1. The van der Waals surface area contributed by atoms with E-state index < -0.39 is 0 Å². The van der Waals surface area contributed by atoms with E-state index in [4.69, 9.17) is 9.68 Å². The van der Waals surface area contributed by atoms with E-state index in [9.17, 15) is 9.59 Å². The minimum absolute atomic E-state index is 0.0546. The molecular weight excluding hydrogens is 334 g/mol. The minimum atomic E-state index is -0.140. The maximum atomic E-state index is 12.5. The number of likely N-dealkylation sites (tertiary alicyclic amines) is 2. The Hall–Kier alpha value is -3.21. The van der Waals surface area contributed by atoms with Crippen LogP contribution >= 0.6 is 0 Å². The molecule has 0 saturated carbocycles. The average Bonchev–Trinajstić information content (AvgIpc) is 3.37. The zero-order valence-corrected chi connectivity index (χ0v) is 14.0. The molecule has 2 fully saturated rings. The molecule has 0 bridgehead atoms. The Morgan fingerprint density at radius 1 is 1.15 bits per heavy atom. The summed E-state index contributed by atoms with van der Waals surface area (Å²) in [6.45, 7) is 2.58. The highest BCUT2D eigenvalue weighted by Crippen LogP contribution is 2.32. The lowest BCUT2D eigenvalue weighted by molar-refractivity contribution is -0.129. The summed E-state index contributed by atoms with van der Waals surface area (Å²) in [5.74, 6) is 0.762. The van der Waals surface area contributed by atoms with E-state index in [1.165, 1.54) is 12.6 Å². The molecule has 2 saturated heterocycles. The van der Waals surface area contributed by atoms with Gasteiger partial charge in [0.05, 0.1) is 12.6 Å². The van der Waals surface area contributed by atoms with E-state index in [1.54, 1.807) is 23.2 Å². The number of fused-ring (bicyclic) bond motifs is 1. The summed E-state index contributed by atoms with van der Waals surface area (Å²) in [6, 6.07) is 5.34. The molecule has 0 aromatic carbocycles. The summed E-state index contributed by atoms with van der Waals surface area (Å²) in [5, 5.41) is 8.77. The third kappa shape index (κ3) is 3.04. The van der Waals surface area contributed by atoms with Gasteiger partial charge in [-0.1, -0.05) is 6.07 Å². The van der Waals surface area contributed by atoms with Crippen LogP contribution in [0.2, 0.25) is 0 Å². The molecule has 2 aromatic rings. The molecule has 0 aliphatic carbocycles. The number of nitriles is 1. The maximum absolute atomic E-state index is 12.5. The number of amides is 2. The van der Waals surface area contributed by atoms with Crippen molar-refractivity contribution in [1.29, 1.82) is 5.26 Å². The molecule has 8 heteroatoms. The molecule has 4 rings (SSSR count). The molecule has 4 heterocycles. The van der Waals surface area contributed by atoms with Crippen molar-refractivity contribution in [1.82, 2.24) is 19.8 Å². The Bertz CT molecular complexity index is 842. The summed E-state index contributed by atoms with van der Waals surface area (Å²) in [7, 11) is 0. The second-order valence-corrected chi connectivity index (χ2v) is 6.73. The van der Waals surface area contributed by atoms with Crippen LogP contribution in [0.3, 0.4) is 0 Å². The van der Waals surface area contributed by atoms with Gasteiger partial charge in [-0.3, -0.25) is 9.59 Å². The predicted octanol–water partition coefficient (Wildman–Crippen LogP) is 0.714. The van der Waals surface area contributed by atoms with Gasteiger partial charge in [-0.2, -0.15) is 5.26 Å². The average molecular weight is 351 g/mol. The maximum Gasteiger partial charge on any atom is 0.291 e. The van der Waals surface area contributed by atoms with Crippen molar-refractivity contribution in [3.8, 4) is 6.07 Å². The van der Waals surface area contributed by atoms with Crippen LogP contribution in [0.5, 0.6) is 0 Å². The number of hydrogen-bond acceptors (Lipinski definition) is 6. The molecule has 0 radical (unpaired) electrons. The van der Waals surface area contributed by atoms with Crippen LogP contribution in [0.25, 0.3) is 0 Å². The fraction of sp³-hybridized carbons (Fsp3) is 0.389. The Labute approximate surface area is 150 Å². The second-order valence-electron chi connectivity index (χ2n) is 6.73. The van der Waals surface area contributed by atoms with Crippen molar-refractivity contribution in [2.45, 2.75) is 6.42 Å². The normalized spacial score (nSPS) is 21.5. The monoisotopic (exact) mass is 351 g/mol. The first-order valence-electron chi connectivity index (χ1n) is 8.44. The quantitative estimate of drug-likeness (QED) is 0.807. The van der Waals surface area contributed by atoms with E-state index in [1.807, 2.05) is 11.0 Å². The third-order valence-electron chi connectivity index (χ3n) is 5.06. The fourth-order valence-corrected chi connectivity index (χ4v) is 3.72. The third-order valence-corrected chi connectivity index (χ3v) is 5.06. The first-order chi connectivity index (χ1) is 12.6. The SMILES string of the molecule is N#Cc1ccc(CC(=O)N2C[C@@H]3CN(C(=O)c4cnco4)C[C@@H]3C2)cn1. The number of rotatable bonds is 3. The smallest absolute Gasteiger partial charge is 0.291 e. The van der Waals surface area contributed by atoms with Gasteiger partial charge < -0.3 is 14.2 Å². The number of carbonyl (C=O) groups excluding carboxylic acids is 2. The molecule has 0 spiro atoms. The number of oxazole rings is 1. The van der Waals surface area contributed by atoms with Gasteiger partial charge in [-0.25, -0.2) is 9.97 Å². The summed E-state index contributed by atoms with van der Waals surface area (Å²) in [6.07, 6.45) is 4.53. The van der Waals surface area contributed by atoms with Crippen LogP contribution < -0.4 is 0 Å². The van der Waals surface area contributed by atoms with E-state index in [0.29, 0.717) is 43.7 Å². The molecule has 2 aliphatic rings. The first-order valence-corrected chi connectivity index (χ1v) is 8.44. The van der Waals surface area contributed by atoms with Crippen LogP contribution in [-0.2, 0) is 11.2 Å². The molecule has 8 nitrogen and oxygen atoms in total. The van der Waals surface area contributed by atoms with Crippen molar-refractivity contribution in [3.63, 3.8) is 0 Å². The second kappa shape index (κ2) is 6.59. The molecular formula is C18H17N5O3. The lowest BCUT2D eigenvalue weighted by atomic mass is 10.0. The topological polar surface area (TPSA) is 103 Å². The molecule has 2 aliphatic heterocycles. The zero-order chi connectivity index (χ0) is 18.1.